The highest BCUT2D eigenvalue weighted by molar-refractivity contribution is 6.00. The lowest BCUT2D eigenvalue weighted by molar-refractivity contribution is -0.384. The van der Waals surface area contributed by atoms with Gasteiger partial charge in [-0.2, -0.15) is 0 Å². The summed E-state index contributed by atoms with van der Waals surface area (Å²) in [4.78, 5) is 35.1. The second kappa shape index (κ2) is 8.31. The molecule has 0 bridgehead atoms. The number of hydrogen-bond donors (Lipinski definition) is 2. The van der Waals surface area contributed by atoms with Crippen LogP contribution in [0.3, 0.4) is 0 Å². The van der Waals surface area contributed by atoms with E-state index in [1.807, 2.05) is 26.0 Å². The number of nitro groups is 1. The lowest BCUT2D eigenvalue weighted by atomic mass is 10.1. The monoisotopic (exact) mass is 371 g/mol. The van der Waals surface area contributed by atoms with Gasteiger partial charge < -0.3 is 15.4 Å². The molecule has 0 heterocycles. The second-order valence-electron chi connectivity index (χ2n) is 6.09. The zero-order chi connectivity index (χ0) is 20.1. The van der Waals surface area contributed by atoms with E-state index in [2.05, 4.69) is 10.6 Å². The fraction of sp³-hybridized carbons (Fsp3) is 0.263. The number of carbonyl (C=O) groups excluding carboxylic acids is 2. The van der Waals surface area contributed by atoms with Gasteiger partial charge in [-0.25, -0.2) is 4.79 Å². The van der Waals surface area contributed by atoms with Crippen LogP contribution in [-0.2, 0) is 9.53 Å². The van der Waals surface area contributed by atoms with Crippen molar-refractivity contribution in [3.05, 3.63) is 63.2 Å². The molecule has 0 aliphatic rings. The number of amides is 1. The first-order valence-corrected chi connectivity index (χ1v) is 8.28. The summed E-state index contributed by atoms with van der Waals surface area (Å²) in [5.41, 5.74) is 2.69. The third kappa shape index (κ3) is 4.81. The molecule has 0 saturated carbocycles. The van der Waals surface area contributed by atoms with Crippen molar-refractivity contribution in [1.29, 1.82) is 0 Å². The number of aryl methyl sites for hydroxylation is 2. The van der Waals surface area contributed by atoms with Crippen molar-refractivity contribution in [2.45, 2.75) is 26.9 Å². The molecule has 0 spiro atoms. The highest BCUT2D eigenvalue weighted by atomic mass is 16.6. The molecule has 1 amide bonds. The highest BCUT2D eigenvalue weighted by Crippen LogP contribution is 2.23. The van der Waals surface area contributed by atoms with Crippen molar-refractivity contribution in [2.75, 3.05) is 17.7 Å². The maximum atomic E-state index is 12.4. The molecule has 142 valence electrons. The maximum Gasteiger partial charge on any atom is 0.341 e. The minimum Gasteiger partial charge on any atom is -0.449 e. The van der Waals surface area contributed by atoms with Gasteiger partial charge in [-0.15, -0.1) is 0 Å². The lowest BCUT2D eigenvalue weighted by Crippen LogP contribution is -2.30. The van der Waals surface area contributed by atoms with Gasteiger partial charge in [-0.3, -0.25) is 14.9 Å². The maximum absolute atomic E-state index is 12.4. The molecule has 0 aliphatic heterocycles. The van der Waals surface area contributed by atoms with Gasteiger partial charge in [0.1, 0.15) is 0 Å². The number of nitro benzene ring substituents is 1. The van der Waals surface area contributed by atoms with Crippen LogP contribution in [-0.4, -0.2) is 30.0 Å². The number of carbonyl (C=O) groups is 2. The summed E-state index contributed by atoms with van der Waals surface area (Å²) in [6, 6.07) is 9.36. The second-order valence-corrected chi connectivity index (χ2v) is 6.09. The predicted molar refractivity (Wildman–Crippen MR) is 102 cm³/mol. The van der Waals surface area contributed by atoms with Gasteiger partial charge >= 0.3 is 5.97 Å². The van der Waals surface area contributed by atoms with Crippen LogP contribution in [0.15, 0.2) is 36.4 Å². The van der Waals surface area contributed by atoms with Crippen LogP contribution < -0.4 is 10.6 Å². The van der Waals surface area contributed by atoms with Crippen LogP contribution in [0.1, 0.15) is 28.4 Å². The molecular weight excluding hydrogens is 350 g/mol. The van der Waals surface area contributed by atoms with Gasteiger partial charge in [0.2, 0.25) is 0 Å². The van der Waals surface area contributed by atoms with Gasteiger partial charge in [0.25, 0.3) is 11.6 Å². The van der Waals surface area contributed by atoms with Gasteiger partial charge in [0.15, 0.2) is 6.10 Å². The molecule has 0 aliphatic carbocycles. The zero-order valence-electron chi connectivity index (χ0n) is 15.5. The summed E-state index contributed by atoms with van der Waals surface area (Å²) >= 11 is 0. The normalized spacial score (nSPS) is 11.4. The minimum atomic E-state index is -1.08. The molecule has 2 N–H and O–H groups in total. The Morgan fingerprint density at radius 1 is 1.11 bits per heavy atom. The summed E-state index contributed by atoms with van der Waals surface area (Å²) < 4.78 is 5.20. The van der Waals surface area contributed by atoms with Crippen LogP contribution in [0.2, 0.25) is 0 Å². The summed E-state index contributed by atoms with van der Waals surface area (Å²) in [5.74, 6) is -1.32. The fourth-order valence-electron chi connectivity index (χ4n) is 2.50. The molecule has 2 aromatic carbocycles. The molecule has 0 radical (unpaired) electrons. The van der Waals surface area contributed by atoms with E-state index in [1.165, 1.54) is 19.1 Å². The Hall–Kier alpha value is -3.42. The van der Waals surface area contributed by atoms with Gasteiger partial charge in [0.05, 0.1) is 10.5 Å². The summed E-state index contributed by atoms with van der Waals surface area (Å²) in [6.45, 7) is 5.25. The van der Waals surface area contributed by atoms with Gasteiger partial charge in [-0.1, -0.05) is 17.7 Å². The number of nitrogens with one attached hydrogen (secondary N) is 2. The molecule has 8 nitrogen and oxygen atoms in total. The lowest BCUT2D eigenvalue weighted by Gasteiger charge is -2.16. The largest absolute Gasteiger partial charge is 0.449 e. The average Bonchev–Trinajstić information content (AvgIpc) is 2.63. The molecule has 27 heavy (non-hydrogen) atoms. The third-order valence-electron chi connectivity index (χ3n) is 4.00. The number of anilines is 2. The van der Waals surface area contributed by atoms with Crippen molar-refractivity contribution in [3.63, 3.8) is 0 Å². The molecule has 0 aromatic heterocycles. The van der Waals surface area contributed by atoms with E-state index >= 15 is 0 Å². The number of esters is 1. The van der Waals surface area contributed by atoms with E-state index < -0.39 is 22.9 Å². The topological polar surface area (TPSA) is 111 Å². The molecule has 8 heteroatoms. The van der Waals surface area contributed by atoms with E-state index in [0.29, 0.717) is 11.4 Å². The predicted octanol–water partition coefficient (Wildman–Crippen LogP) is 3.44. The molecule has 1 atom stereocenters. The van der Waals surface area contributed by atoms with Crippen molar-refractivity contribution in [2.24, 2.45) is 0 Å². The Balaban J connectivity index is 2.13. The van der Waals surface area contributed by atoms with E-state index in [9.17, 15) is 19.7 Å². The number of nitrogens with zero attached hydrogens (tertiary/aromatic N) is 1. The first-order chi connectivity index (χ1) is 12.7. The first-order valence-electron chi connectivity index (χ1n) is 8.28. The van der Waals surface area contributed by atoms with Crippen molar-refractivity contribution in [1.82, 2.24) is 0 Å². The van der Waals surface area contributed by atoms with Crippen molar-refractivity contribution in [3.8, 4) is 0 Å². The smallest absolute Gasteiger partial charge is 0.341 e. The molecule has 1 unspecified atom stereocenters. The van der Waals surface area contributed by atoms with E-state index in [1.54, 1.807) is 13.1 Å². The molecule has 0 saturated heterocycles. The standard InChI is InChI=1S/C19H21N3O5/c1-11-5-7-16(12(2)9-11)21-18(23)13(3)27-19(24)15-10-14(22(25)26)6-8-17(15)20-4/h5-10,13,20H,1-4H3,(H,21,23). The van der Waals surface area contributed by atoms with Crippen LogP contribution >= 0.6 is 0 Å². The Labute approximate surface area is 156 Å². The quantitative estimate of drug-likeness (QED) is 0.457. The average molecular weight is 371 g/mol. The third-order valence-corrected chi connectivity index (χ3v) is 4.00. The van der Waals surface area contributed by atoms with Crippen LogP contribution in [0.5, 0.6) is 0 Å². The summed E-state index contributed by atoms with van der Waals surface area (Å²) in [7, 11) is 1.58. The molecular formula is C19H21N3O5. The zero-order valence-corrected chi connectivity index (χ0v) is 15.5. The number of rotatable bonds is 6. The van der Waals surface area contributed by atoms with E-state index in [0.717, 1.165) is 17.2 Å². The number of ether oxygens (including phenoxy) is 1. The molecule has 2 aromatic rings. The number of benzene rings is 2. The first kappa shape index (κ1) is 19.9. The van der Waals surface area contributed by atoms with E-state index in [-0.39, 0.29) is 11.3 Å². The van der Waals surface area contributed by atoms with Crippen LogP contribution in [0.4, 0.5) is 17.1 Å². The van der Waals surface area contributed by atoms with Crippen LogP contribution in [0.25, 0.3) is 0 Å². The fourth-order valence-corrected chi connectivity index (χ4v) is 2.50. The molecule has 2 rings (SSSR count). The Morgan fingerprint density at radius 3 is 2.37 bits per heavy atom. The van der Waals surface area contributed by atoms with Crippen molar-refractivity contribution >= 4 is 28.9 Å². The van der Waals surface area contributed by atoms with E-state index in [4.69, 9.17) is 4.74 Å². The minimum absolute atomic E-state index is 0.0159. The SMILES string of the molecule is CNc1ccc([N+](=O)[O-])cc1C(=O)OC(C)C(=O)Nc1ccc(C)cc1C. The van der Waals surface area contributed by atoms with Crippen molar-refractivity contribution < 1.29 is 19.2 Å². The van der Waals surface area contributed by atoms with Gasteiger partial charge in [0, 0.05) is 30.6 Å². The summed E-state index contributed by atoms with van der Waals surface area (Å²) in [6.07, 6.45) is -1.08. The highest BCUT2D eigenvalue weighted by Gasteiger charge is 2.23. The Morgan fingerprint density at radius 2 is 1.78 bits per heavy atom. The Bertz CT molecular complexity index is 895. The molecule has 0 fully saturated rings. The summed E-state index contributed by atoms with van der Waals surface area (Å²) in [5, 5.41) is 16.4. The van der Waals surface area contributed by atoms with Crippen LogP contribution in [0, 0.1) is 24.0 Å². The Kier molecular flexibility index (Phi) is 6.12. The van der Waals surface area contributed by atoms with Gasteiger partial charge in [-0.05, 0) is 38.5 Å². The number of non-ortho nitro benzene ring substituents is 1. The number of hydrogen-bond acceptors (Lipinski definition) is 6.